The van der Waals surface area contributed by atoms with E-state index in [-0.39, 0.29) is 12.1 Å². The first-order valence-corrected chi connectivity index (χ1v) is 5.26. The van der Waals surface area contributed by atoms with Crippen LogP contribution in [0, 0.1) is 6.92 Å². The van der Waals surface area contributed by atoms with Gasteiger partial charge in [0, 0.05) is 11.6 Å². The van der Waals surface area contributed by atoms with Gasteiger partial charge < -0.3 is 5.32 Å². The molecule has 0 unspecified atom stereocenters. The maximum absolute atomic E-state index is 13.7. The van der Waals surface area contributed by atoms with Crippen molar-refractivity contribution in [3.63, 3.8) is 0 Å². The highest BCUT2D eigenvalue weighted by Gasteiger charge is 2.33. The maximum Gasteiger partial charge on any atom is 0.285 e. The fourth-order valence-electron chi connectivity index (χ4n) is 1.53. The lowest BCUT2D eigenvalue weighted by molar-refractivity contribution is -0.00354. The lowest BCUT2D eigenvalue weighted by Gasteiger charge is -2.17. The first kappa shape index (κ1) is 10.6. The van der Waals surface area contributed by atoms with Crippen LogP contribution in [0.5, 0.6) is 0 Å². The van der Waals surface area contributed by atoms with Gasteiger partial charge in [0.05, 0.1) is 6.54 Å². The predicted octanol–water partition coefficient (Wildman–Crippen LogP) is 2.84. The molecule has 2 rings (SSSR count). The lowest BCUT2D eigenvalue weighted by Crippen LogP contribution is -2.32. The average molecular weight is 211 g/mol. The topological polar surface area (TPSA) is 12.0 Å². The summed E-state index contributed by atoms with van der Waals surface area (Å²) in [4.78, 5) is 0. The lowest BCUT2D eigenvalue weighted by atomic mass is 10.1. The summed E-state index contributed by atoms with van der Waals surface area (Å²) in [6.45, 7) is 1.58. The first-order chi connectivity index (χ1) is 7.08. The number of alkyl halides is 2. The van der Waals surface area contributed by atoms with Crippen LogP contribution in [0.3, 0.4) is 0 Å². The molecule has 1 fully saturated rings. The Morgan fingerprint density at radius 2 is 2.13 bits per heavy atom. The monoisotopic (exact) mass is 211 g/mol. The number of aryl methyl sites for hydroxylation is 1. The normalized spacial score (nSPS) is 16.7. The van der Waals surface area contributed by atoms with Crippen molar-refractivity contribution in [3.05, 3.63) is 35.4 Å². The first-order valence-electron chi connectivity index (χ1n) is 5.26. The summed E-state index contributed by atoms with van der Waals surface area (Å²) in [6, 6.07) is 6.86. The van der Waals surface area contributed by atoms with Crippen molar-refractivity contribution in [2.75, 3.05) is 6.54 Å². The van der Waals surface area contributed by atoms with Crippen LogP contribution in [0.2, 0.25) is 0 Å². The van der Waals surface area contributed by atoms with Crippen molar-refractivity contribution in [1.82, 2.24) is 5.32 Å². The summed E-state index contributed by atoms with van der Waals surface area (Å²) in [7, 11) is 0. The third kappa shape index (κ3) is 2.75. The summed E-state index contributed by atoms with van der Waals surface area (Å²) in [6.07, 6.45) is 2.06. The smallest absolute Gasteiger partial charge is 0.285 e. The second-order valence-electron chi connectivity index (χ2n) is 4.23. The zero-order chi connectivity index (χ0) is 10.9. The van der Waals surface area contributed by atoms with E-state index in [1.165, 1.54) is 6.07 Å². The molecule has 0 aromatic heterocycles. The van der Waals surface area contributed by atoms with E-state index >= 15 is 0 Å². The fraction of sp³-hybridized carbons (Fsp3) is 0.500. The van der Waals surface area contributed by atoms with Gasteiger partial charge in [-0.3, -0.25) is 0 Å². The van der Waals surface area contributed by atoms with E-state index in [0.717, 1.165) is 18.4 Å². The third-order valence-corrected chi connectivity index (χ3v) is 2.63. The van der Waals surface area contributed by atoms with E-state index in [4.69, 9.17) is 0 Å². The van der Waals surface area contributed by atoms with Crippen LogP contribution in [-0.4, -0.2) is 12.6 Å². The van der Waals surface area contributed by atoms with Gasteiger partial charge in [-0.2, -0.15) is 8.78 Å². The number of hydrogen-bond donors (Lipinski definition) is 1. The van der Waals surface area contributed by atoms with Gasteiger partial charge in [0.25, 0.3) is 5.92 Å². The molecule has 0 atom stereocenters. The molecule has 0 bridgehead atoms. The number of nitrogens with one attached hydrogen (secondary N) is 1. The van der Waals surface area contributed by atoms with E-state index < -0.39 is 5.92 Å². The molecule has 1 aliphatic carbocycles. The van der Waals surface area contributed by atoms with Gasteiger partial charge in [-0.25, -0.2) is 0 Å². The molecule has 1 nitrogen and oxygen atoms in total. The SMILES string of the molecule is Cc1cccc(C(F)(F)CNC2CC2)c1. The van der Waals surface area contributed by atoms with Gasteiger partial charge in [0.2, 0.25) is 0 Å². The summed E-state index contributed by atoms with van der Waals surface area (Å²) in [5.74, 6) is -2.76. The summed E-state index contributed by atoms with van der Waals surface area (Å²) >= 11 is 0. The van der Waals surface area contributed by atoms with Gasteiger partial charge in [0.1, 0.15) is 0 Å². The van der Waals surface area contributed by atoms with Crippen LogP contribution in [-0.2, 0) is 5.92 Å². The Hall–Kier alpha value is -0.960. The van der Waals surface area contributed by atoms with Crippen LogP contribution >= 0.6 is 0 Å². The van der Waals surface area contributed by atoms with Crippen molar-refractivity contribution in [1.29, 1.82) is 0 Å². The Balaban J connectivity index is 2.05. The van der Waals surface area contributed by atoms with Gasteiger partial charge in [-0.1, -0.05) is 29.8 Å². The highest BCUT2D eigenvalue weighted by molar-refractivity contribution is 5.26. The number of halogens is 2. The highest BCUT2D eigenvalue weighted by Crippen LogP contribution is 2.29. The molecule has 1 N–H and O–H groups in total. The van der Waals surface area contributed by atoms with E-state index in [9.17, 15) is 8.78 Å². The summed E-state index contributed by atoms with van der Waals surface area (Å²) < 4.78 is 27.3. The molecule has 3 heteroatoms. The Morgan fingerprint density at radius 3 is 2.73 bits per heavy atom. The largest absolute Gasteiger partial charge is 0.308 e. The van der Waals surface area contributed by atoms with Crippen molar-refractivity contribution in [2.24, 2.45) is 0 Å². The van der Waals surface area contributed by atoms with Crippen LogP contribution in [0.15, 0.2) is 24.3 Å². The second-order valence-corrected chi connectivity index (χ2v) is 4.23. The molecule has 0 saturated heterocycles. The van der Waals surface area contributed by atoms with Crippen molar-refractivity contribution < 1.29 is 8.78 Å². The van der Waals surface area contributed by atoms with Crippen LogP contribution in [0.1, 0.15) is 24.0 Å². The van der Waals surface area contributed by atoms with E-state index in [1.807, 2.05) is 13.0 Å². The summed E-state index contributed by atoms with van der Waals surface area (Å²) in [5, 5.41) is 2.86. The van der Waals surface area contributed by atoms with Gasteiger partial charge in [-0.05, 0) is 19.8 Å². The molecule has 0 heterocycles. The van der Waals surface area contributed by atoms with Gasteiger partial charge in [0.15, 0.2) is 0 Å². The predicted molar refractivity (Wildman–Crippen MR) is 56.1 cm³/mol. The quantitative estimate of drug-likeness (QED) is 0.807. The molecular weight excluding hydrogens is 196 g/mol. The van der Waals surface area contributed by atoms with E-state index in [2.05, 4.69) is 5.32 Å². The number of hydrogen-bond acceptors (Lipinski definition) is 1. The molecular formula is C12H15F2N. The minimum atomic E-state index is -2.76. The van der Waals surface area contributed by atoms with Gasteiger partial charge in [-0.15, -0.1) is 0 Å². The molecule has 1 saturated carbocycles. The van der Waals surface area contributed by atoms with Crippen LogP contribution in [0.4, 0.5) is 8.78 Å². The molecule has 0 spiro atoms. The van der Waals surface area contributed by atoms with Crippen LogP contribution < -0.4 is 5.32 Å². The van der Waals surface area contributed by atoms with E-state index in [0.29, 0.717) is 6.04 Å². The Kier molecular flexibility index (Phi) is 2.74. The Bertz CT molecular complexity index is 345. The minimum absolute atomic E-state index is 0.107. The maximum atomic E-state index is 13.7. The molecule has 1 aromatic carbocycles. The van der Waals surface area contributed by atoms with E-state index in [1.54, 1.807) is 12.1 Å². The van der Waals surface area contributed by atoms with Gasteiger partial charge >= 0.3 is 0 Å². The highest BCUT2D eigenvalue weighted by atomic mass is 19.3. The Morgan fingerprint density at radius 1 is 1.40 bits per heavy atom. The van der Waals surface area contributed by atoms with Crippen molar-refractivity contribution in [2.45, 2.75) is 31.7 Å². The number of benzene rings is 1. The molecule has 82 valence electrons. The van der Waals surface area contributed by atoms with Crippen molar-refractivity contribution in [3.8, 4) is 0 Å². The molecule has 0 amide bonds. The number of rotatable bonds is 4. The molecule has 1 aliphatic rings. The van der Waals surface area contributed by atoms with Crippen LogP contribution in [0.25, 0.3) is 0 Å². The molecule has 1 aromatic rings. The molecule has 15 heavy (non-hydrogen) atoms. The van der Waals surface area contributed by atoms with Crippen molar-refractivity contribution >= 4 is 0 Å². The second kappa shape index (κ2) is 3.89. The standard InChI is InChI=1S/C12H15F2N/c1-9-3-2-4-10(7-9)12(13,14)8-15-11-5-6-11/h2-4,7,11,15H,5-6,8H2,1H3. The fourth-order valence-corrected chi connectivity index (χ4v) is 1.53. The molecule has 0 aliphatic heterocycles. The molecule has 0 radical (unpaired) electrons. The average Bonchev–Trinajstić information content (AvgIpc) is 2.98. The third-order valence-electron chi connectivity index (χ3n) is 2.63. The summed E-state index contributed by atoms with van der Waals surface area (Å²) in [5.41, 5.74) is 0.981. The zero-order valence-electron chi connectivity index (χ0n) is 8.76. The Labute approximate surface area is 88.5 Å². The zero-order valence-corrected chi connectivity index (χ0v) is 8.76. The minimum Gasteiger partial charge on any atom is -0.308 e.